The van der Waals surface area contributed by atoms with E-state index in [1.807, 2.05) is 91.0 Å². The highest BCUT2D eigenvalue weighted by Gasteiger charge is 2.33. The molecule has 0 spiro atoms. The average Bonchev–Trinajstić information content (AvgIpc) is 2.97. The Morgan fingerprint density at radius 3 is 2.42 bits per heavy atom. The number of aliphatic hydroxyl groups excluding tert-OH is 2. The second kappa shape index (κ2) is 17.2. The van der Waals surface area contributed by atoms with Crippen LogP contribution < -0.4 is 15.4 Å². The zero-order chi connectivity index (χ0) is 32.3. The SMILES string of the molecule is CC/C=C\[C@H](C)[C@H](OC(N)=O)[C@@H](C)[C@H](O)[C@@H](C)C/C(C)=C\[C@H](C)[C@@H](O)[C@@H](C)/C=C\c1ccc2c(c1)N(COC)C(=O)CO2. The Morgan fingerprint density at radius 2 is 1.79 bits per heavy atom. The zero-order valence-corrected chi connectivity index (χ0v) is 27.0. The van der Waals surface area contributed by atoms with Crippen LogP contribution in [0.15, 0.2) is 48.1 Å². The molecule has 1 aliphatic rings. The molecule has 2 amide bonds. The van der Waals surface area contributed by atoms with Crippen LogP contribution in [0.3, 0.4) is 0 Å². The molecule has 43 heavy (non-hydrogen) atoms. The second-order valence-electron chi connectivity index (χ2n) is 12.0. The molecule has 0 fully saturated rings. The Balaban J connectivity index is 2.04. The standard InChI is InChI=1S/C34H52N2O7/c1-9-10-11-23(4)33(43-34(35)40)26(7)32(39)25(6)17-21(2)16-24(5)31(38)22(3)12-13-27-14-15-29-28(18-27)36(20-41-8)30(37)19-42-29/h10-16,18,22-26,31-33,38-39H,9,17,19-20H2,1-8H3,(H2,35,40)/b11-10-,13-12-,21-16-/t22-,23-,24-,25-,26-,31-,32+,33-/m0/s1. The van der Waals surface area contributed by atoms with Crippen molar-refractivity contribution in [2.45, 2.75) is 79.6 Å². The summed E-state index contributed by atoms with van der Waals surface area (Å²) in [4.78, 5) is 25.4. The van der Waals surface area contributed by atoms with Gasteiger partial charge in [0.05, 0.1) is 17.9 Å². The van der Waals surface area contributed by atoms with Crippen LogP contribution in [0.2, 0.25) is 0 Å². The van der Waals surface area contributed by atoms with Crippen molar-refractivity contribution in [2.75, 3.05) is 25.3 Å². The molecule has 9 nitrogen and oxygen atoms in total. The predicted molar refractivity (Wildman–Crippen MR) is 170 cm³/mol. The first-order valence-electron chi connectivity index (χ1n) is 15.2. The average molecular weight is 601 g/mol. The molecule has 8 atom stereocenters. The number of primary amides is 1. The van der Waals surface area contributed by atoms with Gasteiger partial charge in [0.25, 0.3) is 5.91 Å². The predicted octanol–water partition coefficient (Wildman–Crippen LogP) is 5.70. The molecular formula is C34H52N2O7. The van der Waals surface area contributed by atoms with E-state index < -0.39 is 24.4 Å². The highest BCUT2D eigenvalue weighted by atomic mass is 16.6. The third-order valence-corrected chi connectivity index (χ3v) is 8.13. The van der Waals surface area contributed by atoms with Gasteiger partial charge in [0.2, 0.25) is 0 Å². The summed E-state index contributed by atoms with van der Waals surface area (Å²) in [6.07, 6.45) is 8.71. The summed E-state index contributed by atoms with van der Waals surface area (Å²) in [5.41, 5.74) is 7.94. The van der Waals surface area contributed by atoms with Gasteiger partial charge in [0, 0.05) is 30.8 Å². The Kier molecular flexibility index (Phi) is 14.4. The third-order valence-electron chi connectivity index (χ3n) is 8.13. The lowest BCUT2D eigenvalue weighted by Crippen LogP contribution is -2.41. The first-order chi connectivity index (χ1) is 20.3. The summed E-state index contributed by atoms with van der Waals surface area (Å²) < 4.78 is 16.1. The van der Waals surface area contributed by atoms with Crippen LogP contribution in [-0.4, -0.2) is 61.0 Å². The number of fused-ring (bicyclic) bond motifs is 1. The van der Waals surface area contributed by atoms with Gasteiger partial charge in [-0.1, -0.05) is 83.6 Å². The summed E-state index contributed by atoms with van der Waals surface area (Å²) in [5.74, 6) is -0.324. The van der Waals surface area contributed by atoms with E-state index in [0.29, 0.717) is 17.9 Å². The number of anilines is 1. The molecule has 1 aromatic rings. The molecule has 240 valence electrons. The van der Waals surface area contributed by atoms with Crippen LogP contribution in [-0.2, 0) is 14.3 Å². The number of hydrogen-bond donors (Lipinski definition) is 3. The molecule has 1 heterocycles. The molecule has 9 heteroatoms. The number of amides is 2. The van der Waals surface area contributed by atoms with Crippen molar-refractivity contribution < 1.29 is 34.0 Å². The molecule has 0 aromatic heterocycles. The first kappa shape index (κ1) is 36.1. The van der Waals surface area contributed by atoms with Gasteiger partial charge in [-0.05, 0) is 43.4 Å². The maximum absolute atomic E-state index is 12.3. The fourth-order valence-corrected chi connectivity index (χ4v) is 5.69. The third kappa shape index (κ3) is 10.5. The number of aliphatic hydroxyl groups is 2. The normalized spacial score (nSPS) is 19.7. The van der Waals surface area contributed by atoms with E-state index in [1.165, 1.54) is 0 Å². The fourth-order valence-electron chi connectivity index (χ4n) is 5.69. The molecular weight excluding hydrogens is 548 g/mol. The van der Waals surface area contributed by atoms with Gasteiger partial charge in [0.15, 0.2) is 6.61 Å². The Hall–Kier alpha value is -3.14. The molecule has 0 saturated heterocycles. The monoisotopic (exact) mass is 600 g/mol. The number of carbonyl (C=O) groups is 2. The van der Waals surface area contributed by atoms with Crippen LogP contribution in [0.1, 0.15) is 66.9 Å². The van der Waals surface area contributed by atoms with E-state index >= 15 is 0 Å². The number of ether oxygens (including phenoxy) is 3. The van der Waals surface area contributed by atoms with Gasteiger partial charge < -0.3 is 30.2 Å². The quantitative estimate of drug-likeness (QED) is 0.208. The van der Waals surface area contributed by atoms with E-state index in [-0.39, 0.29) is 48.8 Å². The number of nitrogens with zero attached hydrogens (tertiary/aromatic N) is 1. The van der Waals surface area contributed by atoms with E-state index in [0.717, 1.165) is 17.6 Å². The topological polar surface area (TPSA) is 132 Å². The summed E-state index contributed by atoms with van der Waals surface area (Å²) in [6.45, 7) is 13.9. The number of hydrogen-bond acceptors (Lipinski definition) is 7. The fraction of sp³-hybridized carbons (Fsp3) is 0.588. The van der Waals surface area contributed by atoms with Gasteiger partial charge in [-0.3, -0.25) is 9.69 Å². The zero-order valence-electron chi connectivity index (χ0n) is 27.0. The van der Waals surface area contributed by atoms with E-state index in [9.17, 15) is 19.8 Å². The maximum Gasteiger partial charge on any atom is 0.404 e. The number of nitrogens with two attached hydrogens (primary N) is 1. The molecule has 0 bridgehead atoms. The first-order valence-corrected chi connectivity index (χ1v) is 15.2. The van der Waals surface area contributed by atoms with Gasteiger partial charge >= 0.3 is 6.09 Å². The number of carbonyl (C=O) groups excluding carboxylic acids is 2. The van der Waals surface area contributed by atoms with Gasteiger partial charge in [-0.2, -0.15) is 0 Å². The van der Waals surface area contributed by atoms with Crippen molar-refractivity contribution in [1.82, 2.24) is 0 Å². The summed E-state index contributed by atoms with van der Waals surface area (Å²) in [6, 6.07) is 5.62. The number of methoxy groups -OCH3 is 1. The van der Waals surface area contributed by atoms with E-state index in [2.05, 4.69) is 6.08 Å². The molecule has 4 N–H and O–H groups in total. The molecule has 0 saturated carbocycles. The van der Waals surface area contributed by atoms with Gasteiger partial charge in [0.1, 0.15) is 18.6 Å². The molecule has 1 aromatic carbocycles. The van der Waals surface area contributed by atoms with Crippen molar-refractivity contribution in [3.8, 4) is 5.75 Å². The maximum atomic E-state index is 12.3. The number of allylic oxidation sites excluding steroid dienone is 2. The minimum absolute atomic E-state index is 0.0174. The second-order valence-corrected chi connectivity index (χ2v) is 12.0. The molecule has 0 radical (unpaired) electrons. The Labute approximate surface area is 257 Å². The van der Waals surface area contributed by atoms with Crippen LogP contribution in [0.25, 0.3) is 6.08 Å². The lowest BCUT2D eigenvalue weighted by Gasteiger charge is -2.33. The molecule has 0 aliphatic carbocycles. The van der Waals surface area contributed by atoms with Crippen LogP contribution >= 0.6 is 0 Å². The number of benzene rings is 1. The van der Waals surface area contributed by atoms with Gasteiger partial charge in [-0.15, -0.1) is 0 Å². The Bertz CT molecular complexity index is 1150. The highest BCUT2D eigenvalue weighted by Crippen LogP contribution is 2.34. The largest absolute Gasteiger partial charge is 0.482 e. The van der Waals surface area contributed by atoms with E-state index in [4.69, 9.17) is 19.9 Å². The minimum atomic E-state index is -0.848. The molecule has 2 rings (SSSR count). The summed E-state index contributed by atoms with van der Waals surface area (Å²) in [7, 11) is 1.54. The van der Waals surface area contributed by atoms with Crippen molar-refractivity contribution in [2.24, 2.45) is 35.3 Å². The smallest absolute Gasteiger partial charge is 0.404 e. The van der Waals surface area contributed by atoms with Crippen LogP contribution in [0, 0.1) is 29.6 Å². The highest BCUT2D eigenvalue weighted by molar-refractivity contribution is 5.98. The van der Waals surface area contributed by atoms with Crippen molar-refractivity contribution in [1.29, 1.82) is 0 Å². The van der Waals surface area contributed by atoms with E-state index in [1.54, 1.807) is 12.0 Å². The Morgan fingerprint density at radius 1 is 1.09 bits per heavy atom. The lowest BCUT2D eigenvalue weighted by atomic mass is 9.81. The van der Waals surface area contributed by atoms with Crippen LogP contribution in [0.5, 0.6) is 5.75 Å². The summed E-state index contributed by atoms with van der Waals surface area (Å²) >= 11 is 0. The van der Waals surface area contributed by atoms with Gasteiger partial charge in [-0.25, -0.2) is 4.79 Å². The van der Waals surface area contributed by atoms with Crippen molar-refractivity contribution in [3.05, 3.63) is 53.6 Å². The van der Waals surface area contributed by atoms with Crippen molar-refractivity contribution >= 4 is 23.8 Å². The summed E-state index contributed by atoms with van der Waals surface area (Å²) in [5, 5.41) is 22.2. The minimum Gasteiger partial charge on any atom is -0.482 e. The molecule has 1 aliphatic heterocycles. The number of rotatable bonds is 16. The van der Waals surface area contributed by atoms with Crippen molar-refractivity contribution in [3.63, 3.8) is 0 Å². The van der Waals surface area contributed by atoms with Crippen LogP contribution in [0.4, 0.5) is 10.5 Å². The molecule has 0 unspecified atom stereocenters. The lowest BCUT2D eigenvalue weighted by molar-refractivity contribution is -0.122.